The smallest absolute Gasteiger partial charge is 0.0820 e. The molecule has 0 heterocycles. The zero-order chi connectivity index (χ0) is 13.7. The van der Waals surface area contributed by atoms with Crippen LogP contribution in [-0.2, 0) is 0 Å². The average Bonchev–Trinajstić information content (AvgIpc) is 2.40. The lowest BCUT2D eigenvalue weighted by Gasteiger charge is -2.23. The molecule has 2 heteroatoms. The first-order chi connectivity index (χ1) is 8.74. The lowest BCUT2D eigenvalue weighted by Crippen LogP contribution is -2.30. The quantitative estimate of drug-likeness (QED) is 0.261. The molecular formula is C16H33NSi. The molecule has 0 fully saturated rings. The minimum atomic E-state index is -1.15. The first-order valence-corrected chi connectivity index (χ1v) is 10.6. The zero-order valence-electron chi connectivity index (χ0n) is 13.0. The van der Waals surface area contributed by atoms with Crippen LogP contribution in [0.4, 0.5) is 0 Å². The van der Waals surface area contributed by atoms with Crippen molar-refractivity contribution in [2.75, 3.05) is 6.54 Å². The Kier molecular flexibility index (Phi) is 11.5. The van der Waals surface area contributed by atoms with Gasteiger partial charge in [-0.3, -0.25) is 4.99 Å². The third-order valence-corrected chi connectivity index (χ3v) is 8.80. The summed E-state index contributed by atoms with van der Waals surface area (Å²) in [5.41, 5.74) is 2.50. The molecule has 1 nitrogen and oxygen atoms in total. The molecule has 0 aromatic heterocycles. The fraction of sp³-hybridized carbons (Fsp3) is 0.812. The van der Waals surface area contributed by atoms with Crippen molar-refractivity contribution in [3.8, 4) is 0 Å². The Balaban J connectivity index is 3.83. The Hall–Kier alpha value is -0.373. The minimum Gasteiger partial charge on any atom is -0.298 e. The molecule has 0 aromatic rings. The molecule has 0 atom stereocenters. The summed E-state index contributed by atoms with van der Waals surface area (Å²) in [5.74, 6) is 0. The molecule has 0 bridgehead atoms. The molecule has 0 N–H and O–H groups in total. The number of aliphatic imine (C=N–C) groups is 1. The molecule has 18 heavy (non-hydrogen) atoms. The van der Waals surface area contributed by atoms with Crippen molar-refractivity contribution in [1.29, 1.82) is 0 Å². The molecule has 0 spiro atoms. The number of hydrogen-bond donors (Lipinski definition) is 0. The Bertz CT molecular complexity index is 229. The molecule has 0 aliphatic rings. The van der Waals surface area contributed by atoms with E-state index in [4.69, 9.17) is 0 Å². The van der Waals surface area contributed by atoms with Crippen molar-refractivity contribution >= 4 is 14.3 Å². The van der Waals surface area contributed by atoms with Gasteiger partial charge in [0.1, 0.15) is 0 Å². The summed E-state index contributed by atoms with van der Waals surface area (Å²) in [5, 5.41) is 0. The number of allylic oxidation sites excluding steroid dienone is 1. The van der Waals surface area contributed by atoms with Gasteiger partial charge in [-0.05, 0) is 25.6 Å². The van der Waals surface area contributed by atoms with E-state index < -0.39 is 8.07 Å². The summed E-state index contributed by atoms with van der Waals surface area (Å²) in [6, 6.07) is 3.92. The van der Waals surface area contributed by atoms with Gasteiger partial charge < -0.3 is 0 Å². The Morgan fingerprint density at radius 3 is 2.17 bits per heavy atom. The van der Waals surface area contributed by atoms with E-state index in [0.717, 1.165) is 6.54 Å². The van der Waals surface area contributed by atoms with E-state index in [1.807, 2.05) is 0 Å². The predicted octanol–water partition coefficient (Wildman–Crippen LogP) is 5.63. The third-order valence-electron chi connectivity index (χ3n) is 3.95. The molecule has 0 radical (unpaired) electrons. The minimum absolute atomic E-state index is 1.04. The summed E-state index contributed by atoms with van der Waals surface area (Å²) >= 11 is 0. The summed E-state index contributed by atoms with van der Waals surface area (Å²) < 4.78 is 0. The van der Waals surface area contributed by atoms with Gasteiger partial charge in [-0.2, -0.15) is 0 Å². The van der Waals surface area contributed by atoms with Crippen LogP contribution < -0.4 is 0 Å². The van der Waals surface area contributed by atoms with E-state index >= 15 is 0 Å². The molecule has 0 saturated heterocycles. The van der Waals surface area contributed by atoms with Crippen LogP contribution in [0.25, 0.3) is 0 Å². The molecule has 0 amide bonds. The first kappa shape index (κ1) is 17.6. The maximum atomic E-state index is 4.61. The van der Waals surface area contributed by atoms with Gasteiger partial charge in [0, 0.05) is 6.54 Å². The third kappa shape index (κ3) is 7.86. The van der Waals surface area contributed by atoms with Crippen molar-refractivity contribution in [1.82, 2.24) is 0 Å². The fourth-order valence-electron chi connectivity index (χ4n) is 2.34. The summed E-state index contributed by atoms with van der Waals surface area (Å²) in [6.07, 6.45) is 11.2. The molecule has 0 aromatic carbocycles. The van der Waals surface area contributed by atoms with Gasteiger partial charge in [-0.25, -0.2) is 0 Å². The topological polar surface area (TPSA) is 12.4 Å². The molecule has 0 aliphatic heterocycles. The Morgan fingerprint density at radius 2 is 1.61 bits per heavy atom. The number of nitrogens with zero attached hydrogens (tertiary/aromatic N) is 1. The number of hydrogen-bond acceptors (Lipinski definition) is 1. The standard InChI is InChI=1S/C16H33NSi/c1-5-9-10-11-12-13-17-14-16-18(7-3,8-4)15-6-2/h6,14-15H,5,7-13,16H2,1-4H3. The van der Waals surface area contributed by atoms with Crippen molar-refractivity contribution in [2.45, 2.75) is 77.9 Å². The summed E-state index contributed by atoms with van der Waals surface area (Å²) in [7, 11) is -1.15. The van der Waals surface area contributed by atoms with Gasteiger partial charge in [-0.15, -0.1) is 0 Å². The van der Waals surface area contributed by atoms with Crippen molar-refractivity contribution in [3.63, 3.8) is 0 Å². The van der Waals surface area contributed by atoms with Gasteiger partial charge in [0.15, 0.2) is 0 Å². The average molecular weight is 268 g/mol. The normalized spacial score (nSPS) is 12.9. The van der Waals surface area contributed by atoms with Crippen LogP contribution in [0.15, 0.2) is 16.8 Å². The highest BCUT2D eigenvalue weighted by molar-refractivity contribution is 6.86. The molecule has 0 unspecified atom stereocenters. The molecule has 0 saturated carbocycles. The van der Waals surface area contributed by atoms with Crippen molar-refractivity contribution in [3.05, 3.63) is 11.8 Å². The molecule has 0 rings (SSSR count). The van der Waals surface area contributed by atoms with Gasteiger partial charge in [0.05, 0.1) is 8.07 Å². The van der Waals surface area contributed by atoms with Crippen molar-refractivity contribution in [2.24, 2.45) is 4.99 Å². The summed E-state index contributed by atoms with van der Waals surface area (Å²) in [4.78, 5) is 4.61. The largest absolute Gasteiger partial charge is 0.298 e. The van der Waals surface area contributed by atoms with E-state index in [0.29, 0.717) is 0 Å². The first-order valence-electron chi connectivity index (χ1n) is 7.86. The fourth-order valence-corrected chi connectivity index (χ4v) is 5.22. The monoisotopic (exact) mass is 267 g/mol. The van der Waals surface area contributed by atoms with Crippen LogP contribution >= 0.6 is 0 Å². The van der Waals surface area contributed by atoms with E-state index in [1.54, 1.807) is 0 Å². The molecule has 0 aliphatic carbocycles. The van der Waals surface area contributed by atoms with Crippen LogP contribution in [0, 0.1) is 0 Å². The van der Waals surface area contributed by atoms with Crippen LogP contribution in [0.3, 0.4) is 0 Å². The highest BCUT2D eigenvalue weighted by atomic mass is 28.3. The second-order valence-electron chi connectivity index (χ2n) is 5.28. The second-order valence-corrected chi connectivity index (χ2v) is 10.2. The SMILES string of the molecule is CC=C[Si](CC)(CC)CC=NCCCCCCC. The highest BCUT2D eigenvalue weighted by Gasteiger charge is 2.23. The maximum Gasteiger partial charge on any atom is 0.0820 e. The lowest BCUT2D eigenvalue weighted by molar-refractivity contribution is 0.639. The maximum absolute atomic E-state index is 4.61. The number of unbranched alkanes of at least 4 members (excludes halogenated alkanes) is 4. The van der Waals surface area contributed by atoms with Gasteiger partial charge in [0.2, 0.25) is 0 Å². The van der Waals surface area contributed by atoms with Crippen LogP contribution in [0.2, 0.25) is 18.1 Å². The van der Waals surface area contributed by atoms with Crippen LogP contribution in [0.5, 0.6) is 0 Å². The van der Waals surface area contributed by atoms with E-state index in [-0.39, 0.29) is 0 Å². The lowest BCUT2D eigenvalue weighted by atomic mass is 10.2. The second kappa shape index (κ2) is 11.7. The van der Waals surface area contributed by atoms with E-state index in [1.165, 1.54) is 50.2 Å². The summed E-state index contributed by atoms with van der Waals surface area (Å²) in [6.45, 7) is 10.1. The van der Waals surface area contributed by atoms with Gasteiger partial charge in [0.25, 0.3) is 0 Å². The molecule has 106 valence electrons. The van der Waals surface area contributed by atoms with Crippen LogP contribution in [-0.4, -0.2) is 20.8 Å². The van der Waals surface area contributed by atoms with Crippen molar-refractivity contribution < 1.29 is 0 Å². The van der Waals surface area contributed by atoms with Crippen LogP contribution in [0.1, 0.15) is 59.8 Å². The predicted molar refractivity (Wildman–Crippen MR) is 88.5 cm³/mol. The number of rotatable bonds is 11. The Morgan fingerprint density at radius 1 is 0.944 bits per heavy atom. The Labute approximate surface area is 116 Å². The van der Waals surface area contributed by atoms with Gasteiger partial charge >= 0.3 is 0 Å². The highest BCUT2D eigenvalue weighted by Crippen LogP contribution is 2.20. The van der Waals surface area contributed by atoms with Gasteiger partial charge in [-0.1, -0.05) is 70.3 Å². The zero-order valence-corrected chi connectivity index (χ0v) is 14.0. The van der Waals surface area contributed by atoms with E-state index in [2.05, 4.69) is 50.7 Å². The molecular weight excluding hydrogens is 234 g/mol. The van der Waals surface area contributed by atoms with E-state index in [9.17, 15) is 0 Å².